The van der Waals surface area contributed by atoms with E-state index in [1.807, 2.05) is 6.92 Å². The average molecular weight is 257 g/mol. The second-order valence-electron chi connectivity index (χ2n) is 4.60. The Morgan fingerprint density at radius 2 is 2.17 bits per heavy atom. The lowest BCUT2D eigenvalue weighted by Gasteiger charge is -2.18. The smallest absolute Gasteiger partial charge is 0.321 e. The van der Waals surface area contributed by atoms with E-state index in [9.17, 15) is 9.59 Å². The van der Waals surface area contributed by atoms with E-state index < -0.39 is 6.03 Å². The van der Waals surface area contributed by atoms with Crippen LogP contribution in [0.5, 0.6) is 0 Å². The van der Waals surface area contributed by atoms with Crippen LogP contribution < -0.4 is 16.0 Å². The van der Waals surface area contributed by atoms with Crippen molar-refractivity contribution in [2.24, 2.45) is 5.92 Å². The summed E-state index contributed by atoms with van der Waals surface area (Å²) in [6, 6.07) is -0.839. The van der Waals surface area contributed by atoms with Crippen molar-refractivity contribution in [2.45, 2.75) is 39.3 Å². The molecule has 0 aromatic rings. The van der Waals surface area contributed by atoms with Gasteiger partial charge in [0.25, 0.3) is 0 Å². The highest BCUT2D eigenvalue weighted by atomic mass is 16.5. The molecule has 1 aliphatic heterocycles. The first-order valence-corrected chi connectivity index (χ1v) is 6.48. The molecule has 1 heterocycles. The van der Waals surface area contributed by atoms with Crippen molar-refractivity contribution in [3.05, 3.63) is 0 Å². The predicted octanol–water partition coefficient (Wildman–Crippen LogP) is 0.235. The Balaban J connectivity index is 2.25. The van der Waals surface area contributed by atoms with Gasteiger partial charge in [-0.2, -0.15) is 0 Å². The van der Waals surface area contributed by atoms with Crippen LogP contribution in [0.4, 0.5) is 4.79 Å². The summed E-state index contributed by atoms with van der Waals surface area (Å²) in [5.74, 6) is 0.122. The third kappa shape index (κ3) is 4.62. The van der Waals surface area contributed by atoms with E-state index in [1.165, 1.54) is 0 Å². The van der Waals surface area contributed by atoms with Gasteiger partial charge in [0.1, 0.15) is 0 Å². The van der Waals surface area contributed by atoms with Crippen molar-refractivity contribution in [3.63, 3.8) is 0 Å². The van der Waals surface area contributed by atoms with Crippen molar-refractivity contribution >= 4 is 11.9 Å². The molecule has 0 radical (unpaired) electrons. The molecule has 3 N–H and O–H groups in total. The molecular formula is C12H23N3O3. The maximum atomic E-state index is 11.6. The SMILES string of the molecule is CCNC(=O)NC(=O)C(C)NCC1CCOC1C. The van der Waals surface area contributed by atoms with Gasteiger partial charge in [-0.05, 0) is 33.1 Å². The fourth-order valence-corrected chi connectivity index (χ4v) is 1.89. The molecule has 1 aliphatic rings. The molecule has 1 saturated heterocycles. The van der Waals surface area contributed by atoms with E-state index >= 15 is 0 Å². The molecule has 6 nitrogen and oxygen atoms in total. The average Bonchev–Trinajstić information content (AvgIpc) is 2.72. The molecule has 104 valence electrons. The monoisotopic (exact) mass is 257 g/mol. The van der Waals surface area contributed by atoms with Gasteiger partial charge in [-0.3, -0.25) is 10.1 Å². The van der Waals surface area contributed by atoms with Gasteiger partial charge in [0, 0.05) is 19.7 Å². The first-order chi connectivity index (χ1) is 8.54. The predicted molar refractivity (Wildman–Crippen MR) is 68.2 cm³/mol. The van der Waals surface area contributed by atoms with E-state index in [-0.39, 0.29) is 18.1 Å². The zero-order valence-electron chi connectivity index (χ0n) is 11.3. The lowest BCUT2D eigenvalue weighted by Crippen LogP contribution is -2.49. The summed E-state index contributed by atoms with van der Waals surface area (Å²) < 4.78 is 5.45. The van der Waals surface area contributed by atoms with Crippen LogP contribution in [-0.4, -0.2) is 43.8 Å². The maximum absolute atomic E-state index is 11.6. The summed E-state index contributed by atoms with van der Waals surface area (Å²) in [4.78, 5) is 22.8. The van der Waals surface area contributed by atoms with E-state index in [1.54, 1.807) is 13.8 Å². The Kier molecular flexibility index (Phi) is 6.07. The number of rotatable bonds is 5. The van der Waals surface area contributed by atoms with Crippen LogP contribution in [0.2, 0.25) is 0 Å². The number of hydrogen-bond donors (Lipinski definition) is 3. The molecule has 0 spiro atoms. The zero-order valence-corrected chi connectivity index (χ0v) is 11.3. The van der Waals surface area contributed by atoms with Crippen molar-refractivity contribution in [2.75, 3.05) is 19.7 Å². The van der Waals surface area contributed by atoms with Gasteiger partial charge in [-0.15, -0.1) is 0 Å². The quantitative estimate of drug-likeness (QED) is 0.659. The van der Waals surface area contributed by atoms with E-state index in [2.05, 4.69) is 16.0 Å². The van der Waals surface area contributed by atoms with Gasteiger partial charge >= 0.3 is 6.03 Å². The topological polar surface area (TPSA) is 79.5 Å². The summed E-state index contributed by atoms with van der Waals surface area (Å²) in [5, 5.41) is 7.93. The van der Waals surface area contributed by atoms with E-state index in [0.29, 0.717) is 12.5 Å². The van der Waals surface area contributed by atoms with Gasteiger partial charge in [0.15, 0.2) is 0 Å². The highest BCUT2D eigenvalue weighted by Gasteiger charge is 2.25. The summed E-state index contributed by atoms with van der Waals surface area (Å²) >= 11 is 0. The number of nitrogens with one attached hydrogen (secondary N) is 3. The third-order valence-corrected chi connectivity index (χ3v) is 3.19. The first kappa shape index (κ1) is 14.9. The molecule has 0 aliphatic carbocycles. The lowest BCUT2D eigenvalue weighted by atomic mass is 10.0. The number of ether oxygens (including phenoxy) is 1. The molecule has 3 amide bonds. The van der Waals surface area contributed by atoms with Crippen molar-refractivity contribution < 1.29 is 14.3 Å². The fourth-order valence-electron chi connectivity index (χ4n) is 1.89. The van der Waals surface area contributed by atoms with Crippen LogP contribution in [0, 0.1) is 5.92 Å². The van der Waals surface area contributed by atoms with Crippen LogP contribution in [0.1, 0.15) is 27.2 Å². The first-order valence-electron chi connectivity index (χ1n) is 6.48. The maximum Gasteiger partial charge on any atom is 0.321 e. The summed E-state index contributed by atoms with van der Waals surface area (Å²) in [7, 11) is 0. The van der Waals surface area contributed by atoms with Gasteiger partial charge < -0.3 is 15.4 Å². The van der Waals surface area contributed by atoms with E-state index in [4.69, 9.17) is 4.74 Å². The molecule has 3 atom stereocenters. The van der Waals surface area contributed by atoms with Crippen LogP contribution in [0.25, 0.3) is 0 Å². The van der Waals surface area contributed by atoms with Crippen molar-refractivity contribution in [3.8, 4) is 0 Å². The molecule has 0 bridgehead atoms. The van der Waals surface area contributed by atoms with Crippen LogP contribution in [-0.2, 0) is 9.53 Å². The molecule has 3 unspecified atom stereocenters. The van der Waals surface area contributed by atoms with Gasteiger partial charge in [-0.1, -0.05) is 0 Å². The Bertz CT molecular complexity index is 296. The van der Waals surface area contributed by atoms with Crippen molar-refractivity contribution in [1.82, 2.24) is 16.0 Å². The minimum atomic E-state index is -0.450. The molecule has 6 heteroatoms. The van der Waals surface area contributed by atoms with Crippen molar-refractivity contribution in [1.29, 1.82) is 0 Å². The molecule has 0 aromatic carbocycles. The van der Waals surface area contributed by atoms with Crippen LogP contribution >= 0.6 is 0 Å². The van der Waals surface area contributed by atoms with Crippen LogP contribution in [0.15, 0.2) is 0 Å². The number of imide groups is 1. The standard InChI is InChI=1S/C12H23N3O3/c1-4-13-12(17)15-11(16)8(2)14-7-10-5-6-18-9(10)3/h8-10,14H,4-7H2,1-3H3,(H2,13,15,16,17). The number of hydrogen-bond acceptors (Lipinski definition) is 4. The normalized spacial score (nSPS) is 24.6. The molecule has 0 aromatic heterocycles. The molecule has 1 rings (SSSR count). The Morgan fingerprint density at radius 1 is 1.44 bits per heavy atom. The van der Waals surface area contributed by atoms with Crippen LogP contribution in [0.3, 0.4) is 0 Å². The largest absolute Gasteiger partial charge is 0.378 e. The Labute approximate surface area is 108 Å². The van der Waals surface area contributed by atoms with Gasteiger partial charge in [-0.25, -0.2) is 4.79 Å². The Morgan fingerprint density at radius 3 is 2.72 bits per heavy atom. The minimum absolute atomic E-state index is 0.233. The highest BCUT2D eigenvalue weighted by Crippen LogP contribution is 2.19. The molecular weight excluding hydrogens is 234 g/mol. The summed E-state index contributed by atoms with van der Waals surface area (Å²) in [5.41, 5.74) is 0. The number of amides is 3. The summed E-state index contributed by atoms with van der Waals surface area (Å²) in [6.45, 7) is 7.59. The number of carbonyl (C=O) groups is 2. The second kappa shape index (κ2) is 7.33. The molecule has 1 fully saturated rings. The second-order valence-corrected chi connectivity index (χ2v) is 4.60. The fraction of sp³-hybridized carbons (Fsp3) is 0.833. The lowest BCUT2D eigenvalue weighted by molar-refractivity contribution is -0.121. The molecule has 0 saturated carbocycles. The number of carbonyl (C=O) groups excluding carboxylic acids is 2. The summed E-state index contributed by atoms with van der Waals surface area (Å²) in [6.07, 6.45) is 1.25. The minimum Gasteiger partial charge on any atom is -0.378 e. The third-order valence-electron chi connectivity index (χ3n) is 3.19. The highest BCUT2D eigenvalue weighted by molar-refractivity contribution is 5.96. The van der Waals surface area contributed by atoms with E-state index in [0.717, 1.165) is 19.6 Å². The number of urea groups is 1. The zero-order chi connectivity index (χ0) is 13.5. The Hall–Kier alpha value is -1.14. The van der Waals surface area contributed by atoms with Gasteiger partial charge in [0.05, 0.1) is 12.1 Å². The molecule has 18 heavy (non-hydrogen) atoms. The van der Waals surface area contributed by atoms with Gasteiger partial charge in [0.2, 0.25) is 5.91 Å².